The Bertz CT molecular complexity index is 1090. The van der Waals surface area contributed by atoms with Crippen LogP contribution in [-0.2, 0) is 4.79 Å². The molecule has 5 heteroatoms. The van der Waals surface area contributed by atoms with Gasteiger partial charge >= 0.3 is 0 Å². The molecule has 1 atom stereocenters. The molecule has 1 aliphatic rings. The predicted octanol–water partition coefficient (Wildman–Crippen LogP) is 5.47. The number of fused-ring (bicyclic) bond motifs is 1. The molecule has 174 valence electrons. The maximum Gasteiger partial charge on any atom is 0.223 e. The smallest absolute Gasteiger partial charge is 0.223 e. The molecule has 0 aliphatic carbocycles. The molecule has 0 spiro atoms. The Balaban J connectivity index is 1.54. The lowest BCUT2D eigenvalue weighted by Gasteiger charge is -2.32. The summed E-state index contributed by atoms with van der Waals surface area (Å²) in [6.45, 7) is 9.11. The van der Waals surface area contributed by atoms with Gasteiger partial charge in [0.25, 0.3) is 0 Å². The van der Waals surface area contributed by atoms with Gasteiger partial charge in [0.1, 0.15) is 5.75 Å². The highest BCUT2D eigenvalue weighted by molar-refractivity contribution is 5.91. The van der Waals surface area contributed by atoms with E-state index in [0.717, 1.165) is 60.4 Å². The molecule has 0 radical (unpaired) electrons. The number of nitrogens with zero attached hydrogens (tertiary/aromatic N) is 2. The molecule has 0 bridgehead atoms. The fourth-order valence-corrected chi connectivity index (χ4v) is 5.08. The molecule has 3 aromatic rings. The van der Waals surface area contributed by atoms with Crippen molar-refractivity contribution in [1.82, 2.24) is 10.3 Å². The Kier molecular flexibility index (Phi) is 7.61. The van der Waals surface area contributed by atoms with Crippen molar-refractivity contribution in [1.29, 1.82) is 0 Å². The summed E-state index contributed by atoms with van der Waals surface area (Å²) in [5.74, 6) is 1.98. The molecule has 1 aromatic heterocycles. The standard InChI is InChI=1S/C28H35N3O2/c1-4-31(21(3)32)24-8-5-7-23(19-24)25(22-13-16-29-17-14-22)15-18-33-28-10-6-9-27-26(28)12-11-20(2)30-27/h5-12,19,22,25,29H,4,13-18H2,1-3H3. The minimum atomic E-state index is 0.0798. The summed E-state index contributed by atoms with van der Waals surface area (Å²) >= 11 is 0. The van der Waals surface area contributed by atoms with Crippen molar-refractivity contribution < 1.29 is 9.53 Å². The molecule has 4 rings (SSSR count). The van der Waals surface area contributed by atoms with Crippen LogP contribution in [0.3, 0.4) is 0 Å². The zero-order valence-corrected chi connectivity index (χ0v) is 20.0. The third-order valence-corrected chi connectivity index (χ3v) is 6.78. The number of piperidine rings is 1. The van der Waals surface area contributed by atoms with Crippen molar-refractivity contribution in [2.75, 3.05) is 31.1 Å². The minimum absolute atomic E-state index is 0.0798. The van der Waals surface area contributed by atoms with Gasteiger partial charge in [0.2, 0.25) is 5.91 Å². The van der Waals surface area contributed by atoms with Gasteiger partial charge in [0.15, 0.2) is 0 Å². The van der Waals surface area contributed by atoms with Crippen LogP contribution in [-0.4, -0.2) is 37.1 Å². The van der Waals surface area contributed by atoms with Crippen molar-refractivity contribution in [3.8, 4) is 5.75 Å². The summed E-state index contributed by atoms with van der Waals surface area (Å²) < 4.78 is 6.32. The van der Waals surface area contributed by atoms with Crippen molar-refractivity contribution in [2.45, 2.75) is 46.0 Å². The van der Waals surface area contributed by atoms with E-state index in [1.54, 1.807) is 6.92 Å². The number of pyridine rings is 1. The summed E-state index contributed by atoms with van der Waals surface area (Å²) in [5, 5.41) is 4.55. The van der Waals surface area contributed by atoms with Crippen LogP contribution in [0.25, 0.3) is 10.9 Å². The molecule has 2 heterocycles. The van der Waals surface area contributed by atoms with Gasteiger partial charge in [0.05, 0.1) is 12.1 Å². The molecule has 1 N–H and O–H groups in total. The first-order chi connectivity index (χ1) is 16.1. The largest absolute Gasteiger partial charge is 0.493 e. The number of carbonyl (C=O) groups excluding carboxylic acids is 1. The second-order valence-electron chi connectivity index (χ2n) is 8.96. The average molecular weight is 446 g/mol. The van der Waals surface area contributed by atoms with E-state index in [2.05, 4.69) is 34.6 Å². The molecule has 2 aromatic carbocycles. The highest BCUT2D eigenvalue weighted by atomic mass is 16.5. The first kappa shape index (κ1) is 23.2. The van der Waals surface area contributed by atoms with Crippen LogP contribution in [0.5, 0.6) is 5.75 Å². The number of nitrogens with one attached hydrogen (secondary N) is 1. The fourth-order valence-electron chi connectivity index (χ4n) is 5.08. The summed E-state index contributed by atoms with van der Waals surface area (Å²) in [6.07, 6.45) is 3.27. The third kappa shape index (κ3) is 5.53. The number of aryl methyl sites for hydroxylation is 1. The van der Waals surface area contributed by atoms with Crippen LogP contribution < -0.4 is 15.0 Å². The second-order valence-corrected chi connectivity index (χ2v) is 8.96. The van der Waals surface area contributed by atoms with Crippen molar-refractivity contribution in [3.63, 3.8) is 0 Å². The highest BCUT2D eigenvalue weighted by Gasteiger charge is 2.26. The third-order valence-electron chi connectivity index (χ3n) is 6.78. The molecule has 1 fully saturated rings. The molecule has 0 saturated carbocycles. The van der Waals surface area contributed by atoms with E-state index in [9.17, 15) is 4.79 Å². The summed E-state index contributed by atoms with van der Waals surface area (Å²) in [4.78, 5) is 18.6. The monoisotopic (exact) mass is 445 g/mol. The van der Waals surface area contributed by atoms with Crippen LogP contribution in [0.1, 0.15) is 50.3 Å². The Morgan fingerprint density at radius 2 is 1.94 bits per heavy atom. The van der Waals surface area contributed by atoms with E-state index in [1.165, 1.54) is 5.56 Å². The lowest BCUT2D eigenvalue weighted by atomic mass is 9.78. The Labute approximate surface area is 197 Å². The van der Waals surface area contributed by atoms with E-state index < -0.39 is 0 Å². The number of benzene rings is 2. The van der Waals surface area contributed by atoms with E-state index in [1.807, 2.05) is 49.1 Å². The minimum Gasteiger partial charge on any atom is -0.493 e. The topological polar surface area (TPSA) is 54.5 Å². The summed E-state index contributed by atoms with van der Waals surface area (Å²) in [6, 6.07) is 18.8. The number of aromatic nitrogens is 1. The van der Waals surface area contributed by atoms with Crippen LogP contribution in [0.15, 0.2) is 54.6 Å². The molecule has 1 unspecified atom stereocenters. The number of hydrogen-bond acceptors (Lipinski definition) is 4. The number of rotatable bonds is 8. The maximum absolute atomic E-state index is 12.1. The van der Waals surface area contributed by atoms with E-state index in [4.69, 9.17) is 4.74 Å². The first-order valence-electron chi connectivity index (χ1n) is 12.1. The van der Waals surface area contributed by atoms with Gasteiger partial charge in [-0.15, -0.1) is 0 Å². The fraction of sp³-hybridized carbons (Fsp3) is 0.429. The van der Waals surface area contributed by atoms with Gasteiger partial charge in [-0.1, -0.05) is 18.2 Å². The van der Waals surface area contributed by atoms with Gasteiger partial charge < -0.3 is 15.0 Å². The summed E-state index contributed by atoms with van der Waals surface area (Å²) in [7, 11) is 0. The molecule has 1 amide bonds. The molecular formula is C28H35N3O2. The normalized spacial score (nSPS) is 15.4. The van der Waals surface area contributed by atoms with E-state index in [-0.39, 0.29) is 5.91 Å². The molecule has 1 saturated heterocycles. The van der Waals surface area contributed by atoms with Crippen molar-refractivity contribution >= 4 is 22.5 Å². The van der Waals surface area contributed by atoms with Crippen LogP contribution in [0.2, 0.25) is 0 Å². The molecule has 5 nitrogen and oxygen atoms in total. The lowest BCUT2D eigenvalue weighted by molar-refractivity contribution is -0.116. The SMILES string of the molecule is CCN(C(C)=O)c1cccc(C(CCOc2cccc3nc(C)ccc23)C2CCNCC2)c1. The van der Waals surface area contributed by atoms with Crippen LogP contribution in [0, 0.1) is 12.8 Å². The quantitative estimate of drug-likeness (QED) is 0.500. The Hall–Kier alpha value is -2.92. The van der Waals surface area contributed by atoms with Gasteiger partial charge in [-0.05, 0) is 100.0 Å². The van der Waals surface area contributed by atoms with Gasteiger partial charge in [-0.25, -0.2) is 0 Å². The average Bonchev–Trinajstić information content (AvgIpc) is 2.82. The molecule has 33 heavy (non-hydrogen) atoms. The number of hydrogen-bond donors (Lipinski definition) is 1. The van der Waals surface area contributed by atoms with Gasteiger partial charge in [0, 0.05) is 30.2 Å². The Morgan fingerprint density at radius 1 is 1.15 bits per heavy atom. The summed E-state index contributed by atoms with van der Waals surface area (Å²) in [5.41, 5.74) is 4.27. The maximum atomic E-state index is 12.1. The zero-order chi connectivity index (χ0) is 23.2. The predicted molar refractivity (Wildman–Crippen MR) is 135 cm³/mol. The number of carbonyl (C=O) groups is 1. The van der Waals surface area contributed by atoms with Gasteiger partial charge in [-0.3, -0.25) is 9.78 Å². The first-order valence-corrected chi connectivity index (χ1v) is 12.1. The molecule has 1 aliphatic heterocycles. The van der Waals surface area contributed by atoms with Crippen molar-refractivity contribution in [3.05, 3.63) is 65.9 Å². The number of amides is 1. The van der Waals surface area contributed by atoms with E-state index >= 15 is 0 Å². The second kappa shape index (κ2) is 10.8. The Morgan fingerprint density at radius 3 is 2.70 bits per heavy atom. The van der Waals surface area contributed by atoms with E-state index in [0.29, 0.717) is 25.0 Å². The highest BCUT2D eigenvalue weighted by Crippen LogP contribution is 2.36. The lowest BCUT2D eigenvalue weighted by Crippen LogP contribution is -2.32. The number of ether oxygens (including phenoxy) is 1. The molecular weight excluding hydrogens is 410 g/mol. The number of anilines is 1. The van der Waals surface area contributed by atoms with Gasteiger partial charge in [-0.2, -0.15) is 0 Å². The van der Waals surface area contributed by atoms with Crippen LogP contribution >= 0.6 is 0 Å². The van der Waals surface area contributed by atoms with Crippen molar-refractivity contribution in [2.24, 2.45) is 5.92 Å². The van der Waals surface area contributed by atoms with Crippen LogP contribution in [0.4, 0.5) is 5.69 Å². The zero-order valence-electron chi connectivity index (χ0n) is 20.0.